The fourth-order valence-corrected chi connectivity index (χ4v) is 9.98. The molecule has 4 unspecified atom stereocenters. The lowest BCUT2D eigenvalue weighted by Crippen LogP contribution is -2.65. The zero-order valence-corrected chi connectivity index (χ0v) is 21.2. The van der Waals surface area contributed by atoms with Crippen LogP contribution in [0.2, 0.25) is 0 Å². The van der Waals surface area contributed by atoms with E-state index in [1.54, 1.807) is 0 Å². The van der Waals surface area contributed by atoms with Crippen LogP contribution < -0.4 is 5.76 Å². The van der Waals surface area contributed by atoms with Crippen molar-refractivity contribution in [2.45, 2.75) is 104 Å². The minimum Gasteiger partial charge on any atom is -0.393 e. The molecule has 0 spiro atoms. The van der Waals surface area contributed by atoms with Crippen molar-refractivity contribution >= 4 is 0 Å². The second-order valence-electron chi connectivity index (χ2n) is 12.8. The molecule has 34 heavy (non-hydrogen) atoms. The average molecular weight is 477 g/mol. The number of fused-ring (bicyclic) bond motifs is 5. The number of aryl methyl sites for hydroxylation is 1. The van der Waals surface area contributed by atoms with E-state index in [0.717, 1.165) is 51.4 Å². The molecule has 0 aromatic carbocycles. The molecular weight excluding hydrogens is 432 g/mol. The molecule has 0 amide bonds. The lowest BCUT2D eigenvalue weighted by Gasteiger charge is -2.66. The molecule has 4 aliphatic carbocycles. The van der Waals surface area contributed by atoms with Gasteiger partial charge in [-0.3, -0.25) is 9.51 Å². The number of hydrogen-bond acceptors (Lipinski definition) is 6. The summed E-state index contributed by atoms with van der Waals surface area (Å²) in [5.41, 5.74) is -0.0268. The second-order valence-corrected chi connectivity index (χ2v) is 12.8. The maximum Gasteiger partial charge on any atom is 0.438 e. The van der Waals surface area contributed by atoms with E-state index in [2.05, 4.69) is 42.4 Å². The molecule has 1 heterocycles. The monoisotopic (exact) mass is 476 g/mol. The van der Waals surface area contributed by atoms with E-state index in [1.165, 1.54) is 0 Å². The van der Waals surface area contributed by atoms with Crippen LogP contribution in [0.4, 0.5) is 0 Å². The fourth-order valence-electron chi connectivity index (χ4n) is 9.98. The summed E-state index contributed by atoms with van der Waals surface area (Å²) in [5, 5.41) is 37.9. The molecule has 0 radical (unpaired) electrons. The van der Waals surface area contributed by atoms with E-state index in [4.69, 9.17) is 0 Å². The number of nitrogens with zero attached hydrogens (tertiary/aromatic N) is 1. The van der Waals surface area contributed by atoms with E-state index >= 15 is 0 Å². The van der Waals surface area contributed by atoms with Gasteiger partial charge in [-0.05, 0) is 97.2 Å². The number of aromatic amines is 1. The first-order valence-corrected chi connectivity index (χ1v) is 13.7. The number of aromatic nitrogens is 2. The van der Waals surface area contributed by atoms with Crippen molar-refractivity contribution in [3.8, 4) is 0 Å². The molecule has 7 heteroatoms. The van der Waals surface area contributed by atoms with Gasteiger partial charge in [0.05, 0.1) is 18.3 Å². The lowest BCUT2D eigenvalue weighted by atomic mass is 9.40. The molecule has 12 atom stereocenters. The van der Waals surface area contributed by atoms with Crippen LogP contribution in [0, 0.1) is 52.3 Å². The van der Waals surface area contributed by atoms with Gasteiger partial charge in [-0.1, -0.05) is 39.3 Å². The Kier molecular flexibility index (Phi) is 6.30. The summed E-state index contributed by atoms with van der Waals surface area (Å²) < 4.78 is 4.66. The molecule has 1 aromatic rings. The Labute approximate surface area is 202 Å². The second kappa shape index (κ2) is 8.74. The molecule has 0 saturated heterocycles. The lowest BCUT2D eigenvalue weighted by molar-refractivity contribution is -0.235. The van der Waals surface area contributed by atoms with Crippen LogP contribution in [0.1, 0.15) is 84.9 Å². The Morgan fingerprint density at radius 2 is 1.91 bits per heavy atom. The topological polar surface area (TPSA) is 120 Å². The summed E-state index contributed by atoms with van der Waals surface area (Å²) >= 11 is 0. The number of aliphatic hydroxyl groups is 3. The van der Waals surface area contributed by atoms with Crippen LogP contribution in [0.15, 0.2) is 9.32 Å². The largest absolute Gasteiger partial charge is 0.438 e. The quantitative estimate of drug-likeness (QED) is 0.516. The molecule has 1 aromatic heterocycles. The molecular formula is C27H44N2O5. The Morgan fingerprint density at radius 1 is 1.15 bits per heavy atom. The molecule has 4 aliphatic rings. The van der Waals surface area contributed by atoms with Gasteiger partial charge in [0, 0.05) is 6.42 Å². The highest BCUT2D eigenvalue weighted by Gasteiger charge is 2.67. The minimum absolute atomic E-state index is 0.00607. The summed E-state index contributed by atoms with van der Waals surface area (Å²) in [6.45, 7) is 9.20. The normalized spacial score (nSPS) is 49.2. The van der Waals surface area contributed by atoms with Crippen LogP contribution in [0.3, 0.4) is 0 Å². The van der Waals surface area contributed by atoms with Crippen LogP contribution in [-0.2, 0) is 6.42 Å². The first-order chi connectivity index (χ1) is 16.1. The molecule has 4 saturated carbocycles. The van der Waals surface area contributed by atoms with Gasteiger partial charge in [-0.25, -0.2) is 4.79 Å². The van der Waals surface area contributed by atoms with Crippen LogP contribution in [-0.4, -0.2) is 43.8 Å². The molecule has 192 valence electrons. The molecule has 0 bridgehead atoms. The average Bonchev–Trinajstić information content (AvgIpc) is 3.35. The van der Waals surface area contributed by atoms with Gasteiger partial charge in [0.1, 0.15) is 0 Å². The number of aliphatic hydroxyl groups excluding tert-OH is 3. The van der Waals surface area contributed by atoms with Crippen molar-refractivity contribution in [1.29, 1.82) is 0 Å². The van der Waals surface area contributed by atoms with Gasteiger partial charge >= 0.3 is 5.76 Å². The molecule has 4 N–H and O–H groups in total. The molecule has 5 rings (SSSR count). The highest BCUT2D eigenvalue weighted by Crippen LogP contribution is 2.69. The molecule has 0 aliphatic heterocycles. The van der Waals surface area contributed by atoms with Crippen LogP contribution in [0.5, 0.6) is 0 Å². The predicted octanol–water partition coefficient (Wildman–Crippen LogP) is 3.53. The van der Waals surface area contributed by atoms with Crippen molar-refractivity contribution in [2.75, 3.05) is 0 Å². The number of rotatable bonds is 5. The van der Waals surface area contributed by atoms with Crippen LogP contribution >= 0.6 is 0 Å². The SMILES string of the molecule is CC[C@H]1C(O)C2C3CC[C@H]([C@H](C)CCc4noc(=O)[nH]4)[C@@]3(C)C[C@H](O)C2[C@@]2(C)CC[C@@H](O)C[C@@H]12. The summed E-state index contributed by atoms with van der Waals surface area (Å²) in [7, 11) is 0. The van der Waals surface area contributed by atoms with Gasteiger partial charge in [-0.2, -0.15) is 0 Å². The van der Waals surface area contributed by atoms with Crippen molar-refractivity contribution < 1.29 is 19.8 Å². The maximum atomic E-state index is 11.8. The van der Waals surface area contributed by atoms with Crippen molar-refractivity contribution in [1.82, 2.24) is 10.1 Å². The summed E-state index contributed by atoms with van der Waals surface area (Å²) in [4.78, 5) is 13.9. The highest BCUT2D eigenvalue weighted by atomic mass is 16.5. The highest BCUT2D eigenvalue weighted by molar-refractivity contribution is 5.15. The van der Waals surface area contributed by atoms with Crippen molar-refractivity contribution in [3.63, 3.8) is 0 Å². The Morgan fingerprint density at radius 3 is 2.59 bits per heavy atom. The maximum absolute atomic E-state index is 11.8. The zero-order valence-electron chi connectivity index (χ0n) is 21.2. The van der Waals surface area contributed by atoms with E-state index in [0.29, 0.717) is 30.0 Å². The Hall–Kier alpha value is -1.18. The van der Waals surface area contributed by atoms with Gasteiger partial charge in [0.25, 0.3) is 0 Å². The van der Waals surface area contributed by atoms with E-state index < -0.39 is 18.0 Å². The first kappa shape index (κ1) is 24.5. The fraction of sp³-hybridized carbons (Fsp3) is 0.926. The molecule has 4 fully saturated rings. The third-order valence-corrected chi connectivity index (χ3v) is 11.4. The third-order valence-electron chi connectivity index (χ3n) is 11.4. The third kappa shape index (κ3) is 3.64. The smallest absolute Gasteiger partial charge is 0.393 e. The van der Waals surface area contributed by atoms with Crippen molar-refractivity contribution in [3.05, 3.63) is 16.4 Å². The summed E-state index contributed by atoms with van der Waals surface area (Å²) in [6, 6.07) is 0. The van der Waals surface area contributed by atoms with Gasteiger partial charge < -0.3 is 15.3 Å². The van der Waals surface area contributed by atoms with Crippen LogP contribution in [0.25, 0.3) is 0 Å². The Balaban J connectivity index is 1.41. The first-order valence-electron chi connectivity index (χ1n) is 13.7. The van der Waals surface area contributed by atoms with Gasteiger partial charge in [-0.15, -0.1) is 0 Å². The number of nitrogens with one attached hydrogen (secondary N) is 1. The predicted molar refractivity (Wildman–Crippen MR) is 128 cm³/mol. The van der Waals surface area contributed by atoms with E-state index in [1.807, 2.05) is 0 Å². The molecule has 7 nitrogen and oxygen atoms in total. The minimum atomic E-state index is -0.504. The number of H-pyrrole nitrogens is 1. The van der Waals surface area contributed by atoms with E-state index in [9.17, 15) is 20.1 Å². The standard InChI is InChI=1S/C27H44N2O5/c1-5-16-19-12-15(30)10-11-26(19,3)23-20(31)13-27(4)17(7-8-18(27)22(23)24(16)32)14(2)6-9-21-28-25(33)34-29-21/h14-20,22-24,30-32H,5-13H2,1-4H3,(H,28,29,33)/t14-,15-,16-,17-,18?,19+,20+,22?,23?,24?,26+,27-/m1/s1. The Bertz CT molecular complexity index is 930. The van der Waals surface area contributed by atoms with Gasteiger partial charge in [0.2, 0.25) is 0 Å². The summed E-state index contributed by atoms with van der Waals surface area (Å²) in [6.07, 6.45) is 6.95. The summed E-state index contributed by atoms with van der Waals surface area (Å²) in [5.74, 6) is 2.10. The van der Waals surface area contributed by atoms with Crippen molar-refractivity contribution in [2.24, 2.45) is 52.3 Å². The van der Waals surface area contributed by atoms with E-state index in [-0.39, 0.29) is 40.6 Å². The van der Waals surface area contributed by atoms with Gasteiger partial charge in [0.15, 0.2) is 5.82 Å². The number of hydrogen-bond donors (Lipinski definition) is 4. The zero-order chi connectivity index (χ0) is 24.4.